The summed E-state index contributed by atoms with van der Waals surface area (Å²) in [6.45, 7) is 3.36. The van der Waals surface area contributed by atoms with Gasteiger partial charge in [-0.1, -0.05) is 65.1 Å². The Labute approximate surface area is 331 Å². The summed E-state index contributed by atoms with van der Waals surface area (Å²) in [5.41, 5.74) is 15.4. The second-order valence-corrected chi connectivity index (χ2v) is 14.5. The third-order valence-electron chi connectivity index (χ3n) is 8.71. The molecule has 0 bridgehead atoms. The summed E-state index contributed by atoms with van der Waals surface area (Å²) in [5.74, 6) is 3.39. The molecule has 0 spiro atoms. The third kappa shape index (κ3) is 9.30. The van der Waals surface area contributed by atoms with E-state index in [0.29, 0.717) is 93.7 Å². The molecule has 8 rings (SSSR count). The highest BCUT2D eigenvalue weighted by Crippen LogP contribution is 2.35. The number of nitrogens with one attached hydrogen (secondary N) is 2. The maximum atomic E-state index is 12.9. The van der Waals surface area contributed by atoms with E-state index < -0.39 is 0 Å². The number of ether oxygens (including phenoxy) is 5. The van der Waals surface area contributed by atoms with Gasteiger partial charge in [-0.05, 0) is 72.5 Å². The molecule has 2 aliphatic rings. The largest absolute Gasteiger partial charge is 0.497 e. The fourth-order valence-corrected chi connectivity index (χ4v) is 7.58. The Morgan fingerprint density at radius 3 is 1.54 bits per heavy atom. The van der Waals surface area contributed by atoms with Crippen molar-refractivity contribution >= 4 is 56.1 Å². The highest BCUT2D eigenvalue weighted by Gasteiger charge is 2.22. The highest BCUT2D eigenvalue weighted by molar-refractivity contribution is 7.18. The molecule has 56 heavy (non-hydrogen) atoms. The monoisotopic (exact) mass is 792 g/mol. The van der Waals surface area contributed by atoms with Gasteiger partial charge in [-0.3, -0.25) is 9.59 Å². The molecule has 0 unspecified atom stereocenters. The molecular weight excluding hydrogens is 753 g/mol. The van der Waals surface area contributed by atoms with Crippen LogP contribution in [0.15, 0.2) is 91.0 Å². The van der Waals surface area contributed by atoms with Gasteiger partial charge < -0.3 is 45.8 Å². The second kappa shape index (κ2) is 17.9. The quantitative estimate of drug-likeness (QED) is 0.0900. The van der Waals surface area contributed by atoms with Crippen molar-refractivity contribution < 1.29 is 33.3 Å². The van der Waals surface area contributed by atoms with Crippen LogP contribution in [0.2, 0.25) is 0 Å². The number of ketones is 2. The van der Waals surface area contributed by atoms with E-state index in [1.807, 2.05) is 42.5 Å². The van der Waals surface area contributed by atoms with Crippen LogP contribution in [-0.2, 0) is 12.8 Å². The maximum absolute atomic E-state index is 12.9. The van der Waals surface area contributed by atoms with E-state index >= 15 is 0 Å². The minimum absolute atomic E-state index is 0.168. The Morgan fingerprint density at radius 1 is 0.625 bits per heavy atom. The minimum atomic E-state index is -0.180. The molecule has 4 heterocycles. The van der Waals surface area contributed by atoms with Crippen molar-refractivity contribution in [2.24, 2.45) is 0 Å². The zero-order valence-electron chi connectivity index (χ0n) is 30.5. The number of aromatic nitrogens is 2. The van der Waals surface area contributed by atoms with Crippen LogP contribution < -0.4 is 45.8 Å². The average molecular weight is 793 g/mol. The summed E-state index contributed by atoms with van der Waals surface area (Å²) in [7, 11) is 1.65. The first-order chi connectivity index (χ1) is 27.3. The summed E-state index contributed by atoms with van der Waals surface area (Å²) in [4.78, 5) is 35.1. The van der Waals surface area contributed by atoms with E-state index in [4.69, 9.17) is 35.2 Å². The van der Waals surface area contributed by atoms with Crippen LogP contribution in [-0.4, -0.2) is 68.2 Å². The molecule has 2 aliphatic heterocycles. The molecule has 2 aromatic heterocycles. The molecule has 0 amide bonds. The van der Waals surface area contributed by atoms with Gasteiger partial charge in [0.15, 0.2) is 33.3 Å². The van der Waals surface area contributed by atoms with Crippen molar-refractivity contribution in [3.8, 4) is 28.7 Å². The number of methoxy groups -OCH3 is 1. The number of carbonyl (C=O) groups excluding carboxylic acids is 2. The number of hydrogen-bond acceptors (Lipinski definition) is 15. The van der Waals surface area contributed by atoms with Gasteiger partial charge in [-0.2, -0.15) is 0 Å². The van der Waals surface area contributed by atoms with Gasteiger partial charge in [0.25, 0.3) is 0 Å². The molecule has 0 saturated carbocycles. The number of fused-ring (bicyclic) bond motifs is 2. The molecule has 4 aromatic carbocycles. The smallest absolute Gasteiger partial charge is 0.206 e. The predicted molar refractivity (Wildman–Crippen MR) is 219 cm³/mol. The summed E-state index contributed by atoms with van der Waals surface area (Å²) >= 11 is 2.52. The zero-order chi connectivity index (χ0) is 38.9. The van der Waals surface area contributed by atoms with Gasteiger partial charge in [0.05, 0.1) is 7.11 Å². The minimum Gasteiger partial charge on any atom is -0.497 e. The SMILES string of the molecule is COc1ccc(CCNc2nc(N)c(C(=O)c3ccc4c(c3)OCCO4)s2)cc1.Nc1nc(NCCc2ccccc2)sc1C(=O)c1ccc2c(c1)OCCO2. The summed E-state index contributed by atoms with van der Waals surface area (Å²) in [6.07, 6.45) is 1.68. The van der Waals surface area contributed by atoms with Crippen molar-refractivity contribution in [2.45, 2.75) is 12.8 Å². The van der Waals surface area contributed by atoms with Crippen molar-refractivity contribution in [3.63, 3.8) is 0 Å². The molecule has 288 valence electrons. The van der Waals surface area contributed by atoms with Crippen molar-refractivity contribution in [1.82, 2.24) is 9.97 Å². The van der Waals surface area contributed by atoms with Crippen LogP contribution in [0.3, 0.4) is 0 Å². The van der Waals surface area contributed by atoms with E-state index in [-0.39, 0.29) is 23.2 Å². The maximum Gasteiger partial charge on any atom is 0.206 e. The number of anilines is 4. The fourth-order valence-electron chi connectivity index (χ4n) is 5.84. The second-order valence-electron chi connectivity index (χ2n) is 12.5. The van der Waals surface area contributed by atoms with Gasteiger partial charge in [0.1, 0.15) is 53.6 Å². The van der Waals surface area contributed by atoms with Gasteiger partial charge in [0, 0.05) is 24.2 Å². The van der Waals surface area contributed by atoms with E-state index in [1.165, 1.54) is 33.8 Å². The number of hydrogen-bond donors (Lipinski definition) is 4. The van der Waals surface area contributed by atoms with Crippen LogP contribution in [0.4, 0.5) is 21.9 Å². The molecule has 0 atom stereocenters. The molecule has 13 nitrogen and oxygen atoms in total. The molecule has 6 aromatic rings. The Hall–Kier alpha value is -6.32. The lowest BCUT2D eigenvalue weighted by atomic mass is 10.1. The lowest BCUT2D eigenvalue weighted by Gasteiger charge is -2.18. The number of nitrogens with zero attached hydrogens (tertiary/aromatic N) is 2. The van der Waals surface area contributed by atoms with Crippen LogP contribution in [0.1, 0.15) is 41.6 Å². The summed E-state index contributed by atoms with van der Waals surface area (Å²) in [5, 5.41) is 7.74. The highest BCUT2D eigenvalue weighted by atomic mass is 32.1. The van der Waals surface area contributed by atoms with Crippen molar-refractivity contribution in [3.05, 3.63) is 123 Å². The van der Waals surface area contributed by atoms with E-state index in [9.17, 15) is 9.59 Å². The van der Waals surface area contributed by atoms with Gasteiger partial charge >= 0.3 is 0 Å². The van der Waals surface area contributed by atoms with E-state index in [0.717, 1.165) is 18.6 Å². The normalized spacial score (nSPS) is 12.5. The number of thiazole rings is 2. The molecule has 0 radical (unpaired) electrons. The third-order valence-corrected chi connectivity index (χ3v) is 10.8. The van der Waals surface area contributed by atoms with Crippen LogP contribution in [0.25, 0.3) is 0 Å². The molecule has 0 fully saturated rings. The standard InChI is InChI=1S/C21H21N3O4S.C20H19N3O3S/c1-26-15-5-2-13(3-6-15)8-9-23-21-24-20(22)19(29-21)18(25)14-4-7-16-17(12-14)28-11-10-27-16;21-19-18(17(24)14-6-7-15-16(12-14)26-11-10-25-15)27-20(23-19)22-9-8-13-4-2-1-3-5-13/h2-7,12H,8-11,22H2,1H3,(H,23,24);1-7,12H,8-11,21H2,(H,22,23). The Balaban J connectivity index is 0.000000172. The van der Waals surface area contributed by atoms with E-state index in [2.05, 4.69) is 32.7 Å². The van der Waals surface area contributed by atoms with E-state index in [1.54, 1.807) is 43.5 Å². The van der Waals surface area contributed by atoms with Gasteiger partial charge in [-0.15, -0.1) is 0 Å². The lowest BCUT2D eigenvalue weighted by molar-refractivity contribution is 0.103. The summed E-state index contributed by atoms with van der Waals surface area (Å²) in [6, 6.07) is 28.4. The molecule has 15 heteroatoms. The number of nitrogen functional groups attached to an aromatic ring is 2. The summed E-state index contributed by atoms with van der Waals surface area (Å²) < 4.78 is 27.3. The Kier molecular flexibility index (Phi) is 12.1. The number of nitrogens with two attached hydrogens (primary N) is 2. The topological polar surface area (TPSA) is 182 Å². The fraction of sp³-hybridized carbons (Fsp3) is 0.220. The Bertz CT molecular complexity index is 2300. The first-order valence-corrected chi connectivity index (χ1v) is 19.5. The van der Waals surface area contributed by atoms with Crippen LogP contribution >= 0.6 is 22.7 Å². The van der Waals surface area contributed by atoms with Crippen LogP contribution in [0.5, 0.6) is 28.7 Å². The predicted octanol–water partition coefficient (Wildman–Crippen LogP) is 6.77. The number of rotatable bonds is 13. The number of carbonyl (C=O) groups is 2. The molecular formula is C41H40N6O7S2. The molecule has 0 saturated heterocycles. The molecule has 6 N–H and O–H groups in total. The average Bonchev–Trinajstić information content (AvgIpc) is 3.81. The lowest BCUT2D eigenvalue weighted by Crippen LogP contribution is -2.15. The van der Waals surface area contributed by atoms with Crippen molar-refractivity contribution in [2.75, 3.05) is 68.7 Å². The molecule has 0 aliphatic carbocycles. The number of benzene rings is 4. The van der Waals surface area contributed by atoms with Crippen molar-refractivity contribution in [1.29, 1.82) is 0 Å². The Morgan fingerprint density at radius 2 is 1.07 bits per heavy atom. The van der Waals surface area contributed by atoms with Gasteiger partial charge in [0.2, 0.25) is 11.6 Å². The van der Waals surface area contributed by atoms with Crippen LogP contribution in [0, 0.1) is 0 Å². The van der Waals surface area contributed by atoms with Gasteiger partial charge in [-0.25, -0.2) is 9.97 Å². The first-order valence-electron chi connectivity index (χ1n) is 17.9. The first kappa shape index (κ1) is 38.0. The zero-order valence-corrected chi connectivity index (χ0v) is 32.2.